The maximum Gasteiger partial charge on any atom is 0.328 e. The highest BCUT2D eigenvalue weighted by Crippen LogP contribution is 2.30. The molecule has 0 aliphatic rings. The lowest BCUT2D eigenvalue weighted by molar-refractivity contribution is -0.158. The molecule has 25 heavy (non-hydrogen) atoms. The Morgan fingerprint density at radius 2 is 1.60 bits per heavy atom. The van der Waals surface area contributed by atoms with Gasteiger partial charge in [0.25, 0.3) is 0 Å². The van der Waals surface area contributed by atoms with Gasteiger partial charge in [-0.15, -0.1) is 0 Å². The topological polar surface area (TPSA) is 78.9 Å². The molecule has 0 amide bonds. The zero-order valence-electron chi connectivity index (χ0n) is 14.4. The number of Topliss-reactive ketones (excluding diaryl/α,β-unsaturated/α-hetero) is 1. The Morgan fingerprint density at radius 1 is 1.08 bits per heavy atom. The van der Waals surface area contributed by atoms with Crippen LogP contribution < -0.4 is 4.74 Å². The molecule has 0 fully saturated rings. The maximum atomic E-state index is 14.2. The fraction of sp³-hybridized carbons (Fsp3) is 0.471. The molecule has 0 spiro atoms. The van der Waals surface area contributed by atoms with Gasteiger partial charge in [0.15, 0.2) is 5.78 Å². The van der Waals surface area contributed by atoms with Gasteiger partial charge < -0.3 is 14.2 Å². The summed E-state index contributed by atoms with van der Waals surface area (Å²) in [5.41, 5.74) is -0.508. The molecule has 0 atom stereocenters. The number of benzene rings is 1. The lowest BCUT2D eigenvalue weighted by atomic mass is 9.97. The maximum absolute atomic E-state index is 14.2. The predicted octanol–water partition coefficient (Wildman–Crippen LogP) is 3.19. The van der Waals surface area contributed by atoms with Crippen LogP contribution in [0.2, 0.25) is 5.02 Å². The first kappa shape index (κ1) is 20.9. The van der Waals surface area contributed by atoms with E-state index in [1.54, 1.807) is 13.8 Å². The number of esters is 2. The normalized spacial score (nSPS) is 10.7. The lowest BCUT2D eigenvalue weighted by Crippen LogP contribution is -2.35. The van der Waals surface area contributed by atoms with Crippen LogP contribution in [0.1, 0.15) is 38.1 Å². The average Bonchev–Trinajstić information content (AvgIpc) is 2.50. The molecule has 0 aliphatic carbocycles. The van der Waals surface area contributed by atoms with Gasteiger partial charge in [-0.3, -0.25) is 14.4 Å². The molecule has 1 aromatic rings. The minimum Gasteiger partial charge on any atom is -0.489 e. The second kappa shape index (κ2) is 9.36. The molecule has 138 valence electrons. The molecule has 8 heteroatoms. The first-order valence-electron chi connectivity index (χ1n) is 7.76. The first-order chi connectivity index (χ1) is 11.7. The van der Waals surface area contributed by atoms with Crippen molar-refractivity contribution < 1.29 is 33.0 Å². The van der Waals surface area contributed by atoms with Crippen LogP contribution in [-0.4, -0.2) is 37.0 Å². The third-order valence-corrected chi connectivity index (χ3v) is 3.25. The van der Waals surface area contributed by atoms with Gasteiger partial charge in [0.2, 0.25) is 5.92 Å². The molecule has 0 bridgehead atoms. The van der Waals surface area contributed by atoms with Crippen LogP contribution in [-0.2, 0) is 19.1 Å². The fourth-order valence-electron chi connectivity index (χ4n) is 1.98. The molecule has 0 radical (unpaired) electrons. The van der Waals surface area contributed by atoms with E-state index in [4.69, 9.17) is 25.8 Å². The quantitative estimate of drug-likeness (QED) is 0.395. The Hall–Kier alpha value is -2.15. The Morgan fingerprint density at radius 3 is 2.04 bits per heavy atom. The number of rotatable bonds is 8. The van der Waals surface area contributed by atoms with Gasteiger partial charge in [0, 0.05) is 0 Å². The minimum absolute atomic E-state index is 0.0356. The summed E-state index contributed by atoms with van der Waals surface area (Å²) in [7, 11) is 0. The number of ketones is 1. The van der Waals surface area contributed by atoms with E-state index in [0.29, 0.717) is 0 Å². The second-order valence-corrected chi connectivity index (χ2v) is 5.64. The van der Waals surface area contributed by atoms with Gasteiger partial charge >= 0.3 is 11.9 Å². The highest BCUT2D eigenvalue weighted by Gasteiger charge is 2.39. The van der Waals surface area contributed by atoms with E-state index in [9.17, 15) is 18.8 Å². The van der Waals surface area contributed by atoms with Crippen molar-refractivity contribution >= 4 is 29.3 Å². The zero-order valence-corrected chi connectivity index (χ0v) is 15.2. The summed E-state index contributed by atoms with van der Waals surface area (Å²) in [5, 5.41) is -0.0356. The van der Waals surface area contributed by atoms with Crippen LogP contribution in [0, 0.1) is 11.7 Å². The lowest BCUT2D eigenvalue weighted by Gasteiger charge is -2.16. The van der Waals surface area contributed by atoms with Gasteiger partial charge in [-0.25, -0.2) is 4.39 Å². The van der Waals surface area contributed by atoms with Crippen LogP contribution in [0.15, 0.2) is 12.1 Å². The molecule has 0 aliphatic heterocycles. The van der Waals surface area contributed by atoms with Gasteiger partial charge in [-0.2, -0.15) is 0 Å². The Kier molecular flexibility index (Phi) is 7.83. The summed E-state index contributed by atoms with van der Waals surface area (Å²) < 4.78 is 29.1. The number of halogens is 2. The van der Waals surface area contributed by atoms with E-state index in [2.05, 4.69) is 0 Å². The number of hydrogen-bond donors (Lipinski definition) is 0. The van der Waals surface area contributed by atoms with Gasteiger partial charge in [-0.05, 0) is 39.8 Å². The van der Waals surface area contributed by atoms with Crippen molar-refractivity contribution in [3.05, 3.63) is 28.5 Å². The largest absolute Gasteiger partial charge is 0.489 e. The predicted molar refractivity (Wildman–Crippen MR) is 88.3 cm³/mol. The highest BCUT2D eigenvalue weighted by molar-refractivity contribution is 6.32. The van der Waals surface area contributed by atoms with E-state index >= 15 is 0 Å². The number of ether oxygens (including phenoxy) is 3. The molecule has 1 rings (SSSR count). The third kappa shape index (κ3) is 5.42. The monoisotopic (exact) mass is 374 g/mol. The van der Waals surface area contributed by atoms with Crippen molar-refractivity contribution in [1.29, 1.82) is 0 Å². The standard InChI is InChI=1S/C17H20ClFO6/c1-5-23-16(21)14(17(22)24-6-2)15(20)10-7-13(25-9(3)4)11(18)8-12(10)19/h7-9,14H,5-6H2,1-4H3. The summed E-state index contributed by atoms with van der Waals surface area (Å²) in [6.45, 7) is 6.38. The Balaban J connectivity index is 3.31. The summed E-state index contributed by atoms with van der Waals surface area (Å²) in [6, 6.07) is 1.95. The zero-order chi connectivity index (χ0) is 19.1. The summed E-state index contributed by atoms with van der Waals surface area (Å²) in [5.74, 6) is -6.13. The van der Waals surface area contributed by atoms with E-state index in [1.165, 1.54) is 13.8 Å². The average molecular weight is 375 g/mol. The third-order valence-electron chi connectivity index (χ3n) is 2.96. The van der Waals surface area contributed by atoms with Gasteiger partial charge in [-0.1, -0.05) is 11.6 Å². The Labute approximate surface area is 150 Å². The van der Waals surface area contributed by atoms with Crippen molar-refractivity contribution in [1.82, 2.24) is 0 Å². The smallest absolute Gasteiger partial charge is 0.328 e. The molecule has 1 aromatic carbocycles. The van der Waals surface area contributed by atoms with E-state index in [-0.39, 0.29) is 30.1 Å². The fourth-order valence-corrected chi connectivity index (χ4v) is 2.17. The van der Waals surface area contributed by atoms with E-state index in [1.807, 2.05) is 0 Å². The van der Waals surface area contributed by atoms with Crippen molar-refractivity contribution in [2.24, 2.45) is 5.92 Å². The Bertz CT molecular complexity index is 641. The molecule has 0 unspecified atom stereocenters. The van der Waals surface area contributed by atoms with Crippen LogP contribution >= 0.6 is 11.6 Å². The summed E-state index contributed by atoms with van der Waals surface area (Å²) in [6.07, 6.45) is -0.281. The molecule has 0 heterocycles. The SMILES string of the molecule is CCOC(=O)C(C(=O)OCC)C(=O)c1cc(OC(C)C)c(Cl)cc1F. The van der Waals surface area contributed by atoms with Crippen LogP contribution in [0.25, 0.3) is 0 Å². The molecule has 0 saturated carbocycles. The van der Waals surface area contributed by atoms with E-state index < -0.39 is 35.0 Å². The number of hydrogen-bond acceptors (Lipinski definition) is 6. The number of carbonyl (C=O) groups is 3. The van der Waals surface area contributed by atoms with Gasteiger partial charge in [0.05, 0.1) is 29.9 Å². The highest BCUT2D eigenvalue weighted by atomic mass is 35.5. The van der Waals surface area contributed by atoms with Crippen LogP contribution in [0.5, 0.6) is 5.75 Å². The molecular formula is C17H20ClFO6. The molecule has 6 nitrogen and oxygen atoms in total. The van der Waals surface area contributed by atoms with Gasteiger partial charge in [0.1, 0.15) is 11.6 Å². The van der Waals surface area contributed by atoms with Crippen molar-refractivity contribution in [3.8, 4) is 5.75 Å². The van der Waals surface area contributed by atoms with Crippen LogP contribution in [0.4, 0.5) is 4.39 Å². The first-order valence-corrected chi connectivity index (χ1v) is 8.13. The molecular weight excluding hydrogens is 355 g/mol. The molecule has 0 saturated heterocycles. The van der Waals surface area contributed by atoms with Crippen molar-refractivity contribution in [2.45, 2.75) is 33.8 Å². The summed E-state index contributed by atoms with van der Waals surface area (Å²) >= 11 is 5.89. The second-order valence-electron chi connectivity index (χ2n) is 5.23. The number of carbonyl (C=O) groups excluding carboxylic acids is 3. The molecule has 0 N–H and O–H groups in total. The van der Waals surface area contributed by atoms with Crippen molar-refractivity contribution in [3.63, 3.8) is 0 Å². The summed E-state index contributed by atoms with van der Waals surface area (Å²) in [4.78, 5) is 36.6. The van der Waals surface area contributed by atoms with E-state index in [0.717, 1.165) is 12.1 Å². The minimum atomic E-state index is -1.91. The van der Waals surface area contributed by atoms with Crippen molar-refractivity contribution in [2.75, 3.05) is 13.2 Å². The van der Waals surface area contributed by atoms with Crippen LogP contribution in [0.3, 0.4) is 0 Å². The molecule has 0 aromatic heterocycles.